The molecule has 3 rings (SSSR count). The second kappa shape index (κ2) is 5.27. The number of hydrogen-bond acceptors (Lipinski definition) is 5. The number of nitrogens with one attached hydrogen (secondary N) is 1. The van der Waals surface area contributed by atoms with Gasteiger partial charge >= 0.3 is 0 Å². The van der Waals surface area contributed by atoms with Crippen LogP contribution >= 0.6 is 23.6 Å². The van der Waals surface area contributed by atoms with Gasteiger partial charge in [-0.3, -0.25) is 4.79 Å². The van der Waals surface area contributed by atoms with E-state index in [4.69, 9.17) is 17.0 Å². The largest absolute Gasteiger partial charge is 0.497 e. The first kappa shape index (κ1) is 13.7. The highest BCUT2D eigenvalue weighted by atomic mass is 32.1. The summed E-state index contributed by atoms with van der Waals surface area (Å²) in [5, 5.41) is 11.1. The van der Waals surface area contributed by atoms with Gasteiger partial charge in [-0.2, -0.15) is 0 Å². The predicted octanol–water partition coefficient (Wildman–Crippen LogP) is 1.54. The van der Waals surface area contributed by atoms with Crippen molar-refractivity contribution in [3.63, 3.8) is 0 Å². The molecule has 0 fully saturated rings. The molecular formula is C14H10N2O3S2. The SMILES string of the molecule is COc1ccc2c(c1)=NC(=O)/C(=C\c1sc(=S)[nH]c1O)C=2. The number of methoxy groups -OCH3 is 1. The Morgan fingerprint density at radius 2 is 2.29 bits per heavy atom. The van der Waals surface area contributed by atoms with Crippen LogP contribution in [-0.4, -0.2) is 23.1 Å². The lowest BCUT2D eigenvalue weighted by molar-refractivity contribution is -0.114. The summed E-state index contributed by atoms with van der Waals surface area (Å²) in [6.07, 6.45) is 3.30. The number of hydrogen-bond donors (Lipinski definition) is 2. The average molecular weight is 318 g/mol. The number of aromatic nitrogens is 1. The van der Waals surface area contributed by atoms with Crippen molar-refractivity contribution in [2.24, 2.45) is 4.99 Å². The van der Waals surface area contributed by atoms with Crippen LogP contribution in [0.1, 0.15) is 4.88 Å². The maximum absolute atomic E-state index is 12.1. The monoisotopic (exact) mass is 318 g/mol. The van der Waals surface area contributed by atoms with Crippen molar-refractivity contribution in [1.29, 1.82) is 0 Å². The molecule has 1 aromatic carbocycles. The van der Waals surface area contributed by atoms with Crippen LogP contribution in [0.25, 0.3) is 12.2 Å². The molecule has 2 N–H and O–H groups in total. The molecule has 1 aliphatic rings. The molecule has 7 heteroatoms. The molecule has 1 aliphatic heterocycles. The number of thiazole rings is 1. The normalized spacial score (nSPS) is 15.3. The fraction of sp³-hybridized carbons (Fsp3) is 0.0714. The number of fused-ring (bicyclic) bond motifs is 1. The molecule has 5 nitrogen and oxygen atoms in total. The standard InChI is InChI=1S/C14H10N2O3S2/c1-19-9-3-2-7-4-8(12(17)15-10(7)6-9)5-11-13(18)16-14(20)21-11/h2-6,18H,1H3,(H,16,20)/b8-5-. The Balaban J connectivity index is 2.14. The second-order valence-corrected chi connectivity index (χ2v) is 6.03. The van der Waals surface area contributed by atoms with Gasteiger partial charge in [0.25, 0.3) is 5.91 Å². The third-order valence-corrected chi connectivity index (χ3v) is 4.13. The molecule has 2 heterocycles. The van der Waals surface area contributed by atoms with E-state index < -0.39 is 0 Å². The van der Waals surface area contributed by atoms with Crippen molar-refractivity contribution in [2.75, 3.05) is 7.11 Å². The lowest BCUT2D eigenvalue weighted by atomic mass is 10.1. The van der Waals surface area contributed by atoms with Crippen molar-refractivity contribution < 1.29 is 14.6 Å². The zero-order valence-corrected chi connectivity index (χ0v) is 12.5. The summed E-state index contributed by atoms with van der Waals surface area (Å²) < 4.78 is 5.56. The summed E-state index contributed by atoms with van der Waals surface area (Å²) in [5.74, 6) is 0.237. The molecule has 0 atom stereocenters. The van der Waals surface area contributed by atoms with E-state index in [0.29, 0.717) is 25.5 Å². The summed E-state index contributed by atoms with van der Waals surface area (Å²) in [5.41, 5.74) is 0.396. The quantitative estimate of drug-likeness (QED) is 0.651. The molecular weight excluding hydrogens is 308 g/mol. The molecule has 0 saturated carbocycles. The van der Waals surface area contributed by atoms with Gasteiger partial charge in [0, 0.05) is 16.9 Å². The van der Waals surface area contributed by atoms with E-state index in [-0.39, 0.29) is 11.8 Å². The Bertz CT molecular complexity index is 938. The molecule has 2 aromatic rings. The van der Waals surface area contributed by atoms with E-state index in [1.807, 2.05) is 6.07 Å². The predicted molar refractivity (Wildman–Crippen MR) is 82.4 cm³/mol. The van der Waals surface area contributed by atoms with Crippen LogP contribution in [0.3, 0.4) is 0 Å². The number of nitrogens with zero attached hydrogens (tertiary/aromatic N) is 1. The molecule has 0 radical (unpaired) electrons. The minimum atomic E-state index is -0.366. The maximum Gasteiger partial charge on any atom is 0.277 e. The highest BCUT2D eigenvalue weighted by Crippen LogP contribution is 2.25. The van der Waals surface area contributed by atoms with Gasteiger partial charge in [0.05, 0.1) is 17.3 Å². The lowest BCUT2D eigenvalue weighted by Gasteiger charge is -2.04. The fourth-order valence-electron chi connectivity index (χ4n) is 1.95. The van der Waals surface area contributed by atoms with Crippen molar-refractivity contribution in [3.05, 3.63) is 43.2 Å². The Morgan fingerprint density at radius 3 is 2.95 bits per heavy atom. The van der Waals surface area contributed by atoms with Crippen molar-refractivity contribution >= 4 is 41.6 Å². The molecule has 0 aliphatic carbocycles. The van der Waals surface area contributed by atoms with Gasteiger partial charge in [-0.05, 0) is 36.5 Å². The zero-order chi connectivity index (χ0) is 15.0. The van der Waals surface area contributed by atoms with Crippen LogP contribution in [0.15, 0.2) is 28.8 Å². The number of H-pyrrole nitrogens is 1. The van der Waals surface area contributed by atoms with Crippen LogP contribution in [0, 0.1) is 3.95 Å². The van der Waals surface area contributed by atoms with Gasteiger partial charge in [0.2, 0.25) is 5.88 Å². The minimum Gasteiger partial charge on any atom is -0.497 e. The van der Waals surface area contributed by atoms with Gasteiger partial charge in [-0.25, -0.2) is 4.99 Å². The summed E-state index contributed by atoms with van der Waals surface area (Å²) in [7, 11) is 1.56. The van der Waals surface area contributed by atoms with E-state index in [2.05, 4.69) is 9.98 Å². The molecule has 0 bridgehead atoms. The number of rotatable bonds is 2. The number of carbonyl (C=O) groups is 1. The first-order valence-electron chi connectivity index (χ1n) is 5.99. The fourth-order valence-corrected chi connectivity index (χ4v) is 2.99. The van der Waals surface area contributed by atoms with Crippen LogP contribution in [0.4, 0.5) is 0 Å². The Morgan fingerprint density at radius 1 is 1.48 bits per heavy atom. The number of aromatic hydroxyl groups is 1. The van der Waals surface area contributed by atoms with E-state index in [1.165, 1.54) is 11.3 Å². The molecule has 106 valence electrons. The van der Waals surface area contributed by atoms with Gasteiger partial charge < -0.3 is 14.8 Å². The minimum absolute atomic E-state index is 0.0424. The first-order valence-corrected chi connectivity index (χ1v) is 7.22. The maximum atomic E-state index is 12.1. The average Bonchev–Trinajstić information content (AvgIpc) is 2.77. The summed E-state index contributed by atoms with van der Waals surface area (Å²) in [6, 6.07) is 5.34. The highest BCUT2D eigenvalue weighted by molar-refractivity contribution is 7.73. The molecule has 0 unspecified atom stereocenters. The third-order valence-electron chi connectivity index (χ3n) is 2.96. The topological polar surface area (TPSA) is 74.7 Å². The number of ether oxygens (including phenoxy) is 1. The number of benzene rings is 1. The van der Waals surface area contributed by atoms with Crippen molar-refractivity contribution in [2.45, 2.75) is 0 Å². The van der Waals surface area contributed by atoms with Crippen LogP contribution in [0.5, 0.6) is 11.6 Å². The number of aromatic amines is 1. The van der Waals surface area contributed by atoms with Gasteiger partial charge in [0.15, 0.2) is 3.95 Å². The number of carbonyl (C=O) groups excluding carboxylic acids is 1. The van der Waals surface area contributed by atoms with Gasteiger partial charge in [-0.1, -0.05) is 0 Å². The highest BCUT2D eigenvalue weighted by Gasteiger charge is 2.13. The molecule has 1 aromatic heterocycles. The second-order valence-electron chi connectivity index (χ2n) is 4.31. The Kier molecular flexibility index (Phi) is 3.44. The smallest absolute Gasteiger partial charge is 0.277 e. The number of amides is 1. The summed E-state index contributed by atoms with van der Waals surface area (Å²) >= 11 is 6.15. The van der Waals surface area contributed by atoms with E-state index in [9.17, 15) is 9.90 Å². The van der Waals surface area contributed by atoms with Crippen LogP contribution in [-0.2, 0) is 4.79 Å². The van der Waals surface area contributed by atoms with Gasteiger partial charge in [-0.15, -0.1) is 11.3 Å². The Labute approximate surface area is 128 Å². The van der Waals surface area contributed by atoms with Gasteiger partial charge in [0.1, 0.15) is 5.75 Å². The first-order chi connectivity index (χ1) is 10.1. The van der Waals surface area contributed by atoms with Crippen molar-refractivity contribution in [1.82, 2.24) is 4.98 Å². The molecule has 1 amide bonds. The summed E-state index contributed by atoms with van der Waals surface area (Å²) in [4.78, 5) is 19.2. The molecule has 21 heavy (non-hydrogen) atoms. The zero-order valence-electron chi connectivity index (χ0n) is 10.9. The third kappa shape index (κ3) is 2.65. The van der Waals surface area contributed by atoms with Crippen molar-refractivity contribution in [3.8, 4) is 11.6 Å². The molecule has 0 saturated heterocycles. The Hall–Kier alpha value is -2.25. The van der Waals surface area contributed by atoms with E-state index >= 15 is 0 Å². The van der Waals surface area contributed by atoms with Crippen LogP contribution < -0.4 is 15.3 Å². The van der Waals surface area contributed by atoms with E-state index in [0.717, 1.165) is 5.22 Å². The lowest BCUT2D eigenvalue weighted by Crippen LogP contribution is -2.30. The van der Waals surface area contributed by atoms with E-state index in [1.54, 1.807) is 31.4 Å². The summed E-state index contributed by atoms with van der Waals surface area (Å²) in [6.45, 7) is 0. The molecule has 0 spiro atoms. The van der Waals surface area contributed by atoms with Crippen LogP contribution in [0.2, 0.25) is 0 Å².